The summed E-state index contributed by atoms with van der Waals surface area (Å²) in [6, 6.07) is 4.16. The Bertz CT molecular complexity index is 835. The maximum absolute atomic E-state index is 11.1. The molecule has 0 saturated heterocycles. The van der Waals surface area contributed by atoms with E-state index < -0.39 is 10.1 Å². The third-order valence-electron chi connectivity index (χ3n) is 4.46. The van der Waals surface area contributed by atoms with Gasteiger partial charge < -0.3 is 9.54 Å². The molecule has 0 fully saturated rings. The van der Waals surface area contributed by atoms with Crippen LogP contribution >= 0.6 is 12.2 Å². The van der Waals surface area contributed by atoms with Crippen LogP contribution in [0, 0.1) is 0 Å². The molecular weight excluding hydrogens is 391 g/mol. The average molecular weight is 419 g/mol. The monoisotopic (exact) mass is 418 g/mol. The van der Waals surface area contributed by atoms with E-state index >= 15 is 0 Å². The van der Waals surface area contributed by atoms with Crippen LogP contribution in [0.25, 0.3) is 11.0 Å². The Morgan fingerprint density at radius 3 is 2.37 bits per heavy atom. The molecule has 0 atom stereocenters. The normalized spacial score (nSPS) is 11.5. The summed E-state index contributed by atoms with van der Waals surface area (Å²) in [5.41, 5.74) is 1.19. The number of fused-ring (bicyclic) bond motifs is 1. The van der Waals surface area contributed by atoms with Crippen LogP contribution in [0.5, 0.6) is 0 Å². The fraction of sp³-hybridized carbons (Fsp3) is 0.579. The number of rotatable bonds is 12. The van der Waals surface area contributed by atoms with Crippen molar-refractivity contribution in [2.24, 2.45) is 0 Å². The number of unbranched alkanes of at least 4 members (excludes halogenated alkanes) is 7. The molecule has 1 heterocycles. The van der Waals surface area contributed by atoms with E-state index in [1.54, 1.807) is 6.07 Å². The van der Waals surface area contributed by atoms with E-state index in [1.807, 2.05) is 0 Å². The van der Waals surface area contributed by atoms with Crippen molar-refractivity contribution < 1.29 is 42.5 Å². The number of hydrogen-bond acceptors (Lipinski definition) is 5. The maximum Gasteiger partial charge on any atom is 1.00 e. The van der Waals surface area contributed by atoms with E-state index in [4.69, 9.17) is 12.2 Å². The van der Waals surface area contributed by atoms with Gasteiger partial charge in [-0.2, -0.15) is 0 Å². The van der Waals surface area contributed by atoms with Gasteiger partial charge >= 0.3 is 29.6 Å². The summed E-state index contributed by atoms with van der Waals surface area (Å²) in [5.74, 6) is 0.713. The van der Waals surface area contributed by atoms with Gasteiger partial charge in [0.15, 0.2) is 0 Å². The minimum atomic E-state index is -4.46. The number of thiocarbonyl (C=S) groups is 1. The molecule has 27 heavy (non-hydrogen) atoms. The molecule has 0 bridgehead atoms. The summed E-state index contributed by atoms with van der Waals surface area (Å²) in [6.07, 6.45) is 11.7. The van der Waals surface area contributed by atoms with Crippen LogP contribution in [0.4, 0.5) is 0 Å². The van der Waals surface area contributed by atoms with Crippen LogP contribution in [0.2, 0.25) is 0 Å². The average Bonchev–Trinajstić information content (AvgIpc) is 2.97. The molecule has 0 spiro atoms. The van der Waals surface area contributed by atoms with Gasteiger partial charge in [0.1, 0.15) is 15.9 Å². The van der Waals surface area contributed by atoms with Crippen molar-refractivity contribution in [3.05, 3.63) is 24.0 Å². The Morgan fingerprint density at radius 2 is 1.74 bits per heavy atom. The molecular formula is C19H27N2NaO3S2. The van der Waals surface area contributed by atoms with Gasteiger partial charge in [-0.15, -0.1) is 0 Å². The molecule has 1 aromatic carbocycles. The number of imidazole rings is 1. The summed E-state index contributed by atoms with van der Waals surface area (Å²) >= 11 is 5.46. The fourth-order valence-corrected chi connectivity index (χ4v) is 3.79. The molecule has 144 valence electrons. The van der Waals surface area contributed by atoms with Crippen LogP contribution in [-0.4, -0.2) is 27.8 Å². The number of benzene rings is 1. The Balaban J connectivity index is 0.00000364. The zero-order valence-electron chi connectivity index (χ0n) is 16.3. The predicted molar refractivity (Wildman–Crippen MR) is 108 cm³/mol. The molecule has 0 radical (unpaired) electrons. The molecule has 1 N–H and O–H groups in total. The SMILES string of the molecule is CCCCCCCCCCC(=S)Cc1nc2ccc(S(=O)(=O)[O-])cc2[nH]1.[Na+]. The second kappa shape index (κ2) is 12.3. The van der Waals surface area contributed by atoms with Gasteiger partial charge in [0.25, 0.3) is 0 Å². The molecule has 0 amide bonds. The quantitative estimate of drug-likeness (QED) is 0.246. The Morgan fingerprint density at radius 1 is 1.11 bits per heavy atom. The van der Waals surface area contributed by atoms with Crippen molar-refractivity contribution in [3.63, 3.8) is 0 Å². The second-order valence-electron chi connectivity index (χ2n) is 6.76. The summed E-state index contributed by atoms with van der Waals surface area (Å²) in [7, 11) is -4.46. The molecule has 0 aliphatic rings. The second-order valence-corrected chi connectivity index (χ2v) is 8.71. The molecule has 8 heteroatoms. The zero-order valence-corrected chi connectivity index (χ0v) is 19.9. The number of nitrogens with one attached hydrogen (secondary N) is 1. The predicted octanol–water partition coefficient (Wildman–Crippen LogP) is 1.91. The van der Waals surface area contributed by atoms with Crippen molar-refractivity contribution in [2.75, 3.05) is 0 Å². The first-order valence-electron chi connectivity index (χ1n) is 9.36. The van der Waals surface area contributed by atoms with Crippen molar-refractivity contribution in [1.29, 1.82) is 0 Å². The minimum absolute atomic E-state index is 0. The smallest absolute Gasteiger partial charge is 0.744 e. The number of nitrogens with zero attached hydrogens (tertiary/aromatic N) is 1. The van der Waals surface area contributed by atoms with Crippen LogP contribution < -0.4 is 29.6 Å². The first kappa shape index (κ1) is 24.7. The Hall–Kier alpha value is -0.310. The first-order valence-corrected chi connectivity index (χ1v) is 11.2. The van der Waals surface area contributed by atoms with E-state index in [1.165, 1.54) is 57.1 Å². The van der Waals surface area contributed by atoms with Crippen molar-refractivity contribution >= 4 is 38.2 Å². The van der Waals surface area contributed by atoms with Crippen molar-refractivity contribution in [3.8, 4) is 0 Å². The van der Waals surface area contributed by atoms with Crippen molar-refractivity contribution in [1.82, 2.24) is 9.97 Å². The van der Waals surface area contributed by atoms with Gasteiger partial charge in [-0.05, 0) is 31.0 Å². The fourth-order valence-electron chi connectivity index (χ4n) is 3.01. The van der Waals surface area contributed by atoms with Crippen molar-refractivity contribution in [2.45, 2.75) is 76.0 Å². The Labute approximate surface area is 189 Å². The van der Waals surface area contributed by atoms with Gasteiger partial charge in [-0.1, -0.05) is 64.1 Å². The standard InChI is InChI=1S/C19H28N2O3S2.Na/c1-2-3-4-5-6-7-8-9-10-15(25)13-19-20-17-12-11-16(26(22,23)24)14-18(17)21-19;/h11-12,14H,2-10,13H2,1H3,(H,20,21)(H,22,23,24);/q;+1/p-1. The summed E-state index contributed by atoms with van der Waals surface area (Å²) < 4.78 is 33.3. The van der Waals surface area contributed by atoms with Crippen LogP contribution in [0.1, 0.15) is 70.5 Å². The third kappa shape index (κ3) is 8.71. The van der Waals surface area contributed by atoms with Crippen LogP contribution in [0.15, 0.2) is 23.1 Å². The Kier molecular flexibility index (Phi) is 11.3. The number of H-pyrrole nitrogens is 1. The molecule has 0 unspecified atom stereocenters. The largest absolute Gasteiger partial charge is 1.00 e. The van der Waals surface area contributed by atoms with Crippen LogP contribution in [0.3, 0.4) is 0 Å². The van der Waals surface area contributed by atoms with Gasteiger partial charge in [0.05, 0.1) is 15.9 Å². The zero-order chi connectivity index (χ0) is 19.0. The molecule has 0 saturated carbocycles. The van der Waals surface area contributed by atoms with Gasteiger partial charge in [0.2, 0.25) is 0 Å². The summed E-state index contributed by atoms with van der Waals surface area (Å²) in [5, 5.41) is 0. The van der Waals surface area contributed by atoms with E-state index in [-0.39, 0.29) is 34.5 Å². The van der Waals surface area contributed by atoms with E-state index in [0.29, 0.717) is 23.3 Å². The summed E-state index contributed by atoms with van der Waals surface area (Å²) in [6.45, 7) is 2.23. The first-order chi connectivity index (χ1) is 12.4. The topological polar surface area (TPSA) is 85.9 Å². The molecule has 0 aliphatic heterocycles. The molecule has 5 nitrogen and oxygen atoms in total. The van der Waals surface area contributed by atoms with E-state index in [0.717, 1.165) is 17.7 Å². The maximum atomic E-state index is 11.1. The number of hydrogen-bond donors (Lipinski definition) is 1. The summed E-state index contributed by atoms with van der Waals surface area (Å²) in [4.78, 5) is 8.19. The molecule has 2 rings (SSSR count). The van der Waals surface area contributed by atoms with Gasteiger partial charge in [-0.3, -0.25) is 0 Å². The molecule has 1 aromatic heterocycles. The van der Waals surface area contributed by atoms with E-state index in [9.17, 15) is 13.0 Å². The minimum Gasteiger partial charge on any atom is -0.744 e. The van der Waals surface area contributed by atoms with Gasteiger partial charge in [0, 0.05) is 11.3 Å². The number of aromatic amines is 1. The third-order valence-corrected chi connectivity index (χ3v) is 5.64. The molecule has 0 aliphatic carbocycles. The van der Waals surface area contributed by atoms with Gasteiger partial charge in [-0.25, -0.2) is 13.4 Å². The van der Waals surface area contributed by atoms with Crippen LogP contribution in [-0.2, 0) is 16.5 Å². The molecule has 2 aromatic rings. The van der Waals surface area contributed by atoms with E-state index in [2.05, 4.69) is 16.9 Å². The number of aromatic nitrogens is 2.